The molecule has 0 bridgehead atoms. The van der Waals surface area contributed by atoms with Crippen molar-refractivity contribution in [3.63, 3.8) is 0 Å². The third-order valence-electron chi connectivity index (χ3n) is 12.1. The second-order valence-electron chi connectivity index (χ2n) is 15.3. The minimum absolute atomic E-state index is 1.15. The van der Waals surface area contributed by atoms with Gasteiger partial charge in [0.25, 0.3) is 0 Å². The molecule has 270 valence electrons. The largest absolute Gasteiger partial charge is 0.309 e. The highest BCUT2D eigenvalue weighted by Crippen LogP contribution is 2.44. The molecular formula is C54H32N2S2. The van der Waals surface area contributed by atoms with Gasteiger partial charge in [-0.3, -0.25) is 0 Å². The highest BCUT2D eigenvalue weighted by Gasteiger charge is 2.21. The minimum Gasteiger partial charge on any atom is -0.309 e. The highest BCUT2D eigenvalue weighted by atomic mass is 32.1. The Kier molecular flexibility index (Phi) is 6.79. The van der Waals surface area contributed by atoms with E-state index in [-0.39, 0.29) is 0 Å². The predicted molar refractivity (Wildman–Crippen MR) is 252 cm³/mol. The Balaban J connectivity index is 1.04. The fraction of sp³-hybridized carbons (Fsp3) is 0. The van der Waals surface area contributed by atoms with Crippen LogP contribution in [-0.2, 0) is 0 Å². The molecule has 2 nitrogen and oxygen atoms in total. The predicted octanol–water partition coefficient (Wildman–Crippen LogP) is 16.0. The Labute approximate surface area is 341 Å². The van der Waals surface area contributed by atoms with Gasteiger partial charge >= 0.3 is 0 Å². The van der Waals surface area contributed by atoms with E-state index in [1.807, 2.05) is 22.7 Å². The number of benzene rings is 9. The molecule has 0 spiro atoms. The average Bonchev–Trinajstić information content (AvgIpc) is 4.04. The Bertz CT molecular complexity index is 3820. The van der Waals surface area contributed by atoms with E-state index in [2.05, 4.69) is 203 Å². The summed E-state index contributed by atoms with van der Waals surface area (Å²) >= 11 is 3.76. The summed E-state index contributed by atoms with van der Waals surface area (Å²) in [5.74, 6) is 0. The van der Waals surface area contributed by atoms with Gasteiger partial charge in [0, 0.05) is 73.3 Å². The smallest absolute Gasteiger partial charge is 0.0641 e. The van der Waals surface area contributed by atoms with E-state index in [0.717, 1.165) is 11.4 Å². The van der Waals surface area contributed by atoms with Crippen molar-refractivity contribution in [3.05, 3.63) is 194 Å². The first-order valence-electron chi connectivity index (χ1n) is 19.8. The van der Waals surface area contributed by atoms with Gasteiger partial charge in [0.1, 0.15) is 0 Å². The maximum Gasteiger partial charge on any atom is 0.0641 e. The van der Waals surface area contributed by atoms with Crippen molar-refractivity contribution in [1.82, 2.24) is 9.13 Å². The molecule has 4 heterocycles. The van der Waals surface area contributed by atoms with Gasteiger partial charge in [0.2, 0.25) is 0 Å². The maximum atomic E-state index is 2.51. The maximum absolute atomic E-state index is 2.51. The number of rotatable bonds is 4. The number of nitrogens with zero attached hydrogens (tertiary/aromatic N) is 2. The van der Waals surface area contributed by atoms with Crippen LogP contribution in [0.4, 0.5) is 0 Å². The first-order valence-corrected chi connectivity index (χ1v) is 21.4. The molecule has 0 aliphatic heterocycles. The van der Waals surface area contributed by atoms with Crippen LogP contribution < -0.4 is 0 Å². The van der Waals surface area contributed by atoms with Gasteiger partial charge < -0.3 is 9.13 Å². The summed E-state index contributed by atoms with van der Waals surface area (Å²) in [7, 11) is 0. The summed E-state index contributed by atoms with van der Waals surface area (Å²) in [5, 5.41) is 10.3. The van der Waals surface area contributed by atoms with E-state index in [9.17, 15) is 0 Å². The second kappa shape index (κ2) is 12.3. The second-order valence-corrected chi connectivity index (χ2v) is 17.4. The van der Waals surface area contributed by atoms with Crippen molar-refractivity contribution in [2.24, 2.45) is 0 Å². The van der Waals surface area contributed by atoms with E-state index in [4.69, 9.17) is 0 Å². The van der Waals surface area contributed by atoms with Crippen molar-refractivity contribution < 1.29 is 0 Å². The summed E-state index contributed by atoms with van der Waals surface area (Å²) in [4.78, 5) is 0. The molecule has 0 N–H and O–H groups in total. The lowest BCUT2D eigenvalue weighted by atomic mass is 10.0. The Morgan fingerprint density at radius 1 is 0.310 bits per heavy atom. The van der Waals surface area contributed by atoms with Crippen LogP contribution in [0.5, 0.6) is 0 Å². The lowest BCUT2D eigenvalue weighted by Gasteiger charge is -2.12. The van der Waals surface area contributed by atoms with Crippen LogP contribution in [0.3, 0.4) is 0 Å². The summed E-state index contributed by atoms with van der Waals surface area (Å²) in [6.45, 7) is 0. The molecule has 0 fully saturated rings. The van der Waals surface area contributed by atoms with E-state index < -0.39 is 0 Å². The van der Waals surface area contributed by atoms with Crippen LogP contribution in [0, 0.1) is 0 Å². The molecule has 0 aliphatic carbocycles. The van der Waals surface area contributed by atoms with Gasteiger partial charge in [0.05, 0.1) is 22.1 Å². The van der Waals surface area contributed by atoms with Crippen LogP contribution in [0.25, 0.3) is 118 Å². The highest BCUT2D eigenvalue weighted by molar-refractivity contribution is 7.26. The van der Waals surface area contributed by atoms with Gasteiger partial charge in [-0.05, 0) is 82.9 Å². The molecule has 13 aromatic rings. The first-order chi connectivity index (χ1) is 28.8. The van der Waals surface area contributed by atoms with Gasteiger partial charge in [-0.25, -0.2) is 0 Å². The fourth-order valence-corrected chi connectivity index (χ4v) is 12.0. The molecule has 58 heavy (non-hydrogen) atoms. The number of hydrogen-bond acceptors (Lipinski definition) is 2. The molecule has 0 amide bonds. The molecule has 13 rings (SSSR count). The van der Waals surface area contributed by atoms with Gasteiger partial charge in [-0.15, -0.1) is 22.7 Å². The molecule has 0 saturated carbocycles. The topological polar surface area (TPSA) is 9.86 Å². The molecule has 0 atom stereocenters. The van der Waals surface area contributed by atoms with Gasteiger partial charge in [0.15, 0.2) is 0 Å². The molecule has 9 aromatic carbocycles. The molecule has 0 unspecified atom stereocenters. The first kappa shape index (κ1) is 32.1. The summed E-state index contributed by atoms with van der Waals surface area (Å²) in [5.41, 5.74) is 12.1. The van der Waals surface area contributed by atoms with Crippen LogP contribution in [0.1, 0.15) is 0 Å². The lowest BCUT2D eigenvalue weighted by Crippen LogP contribution is -1.96. The van der Waals surface area contributed by atoms with E-state index in [1.165, 1.54) is 106 Å². The Morgan fingerprint density at radius 2 is 0.879 bits per heavy atom. The zero-order valence-corrected chi connectivity index (χ0v) is 32.8. The molecule has 0 saturated heterocycles. The number of para-hydroxylation sites is 2. The number of hydrogen-bond donors (Lipinski definition) is 0. The quantitative estimate of drug-likeness (QED) is 0.169. The summed E-state index contributed by atoms with van der Waals surface area (Å²) in [6, 6.07) is 71.9. The standard InChI is InChI=1S/C54H32N2S2/c1-5-22-46-39(16-1)43-28-29-48-52(53(43)56(46)37-15-10-13-35(31-37)38-20-11-21-44-41-18-4-8-25-50(41)58-54(38)44)45-19-2-6-23-47(45)55(48)36-14-9-12-33(30-36)34-26-27-42-40-17-3-7-24-49(40)57-51(42)32-34/h1-32H. The summed E-state index contributed by atoms with van der Waals surface area (Å²) < 4.78 is 10.3. The lowest BCUT2D eigenvalue weighted by molar-refractivity contribution is 1.17. The van der Waals surface area contributed by atoms with E-state index in [1.54, 1.807) is 0 Å². The van der Waals surface area contributed by atoms with Crippen molar-refractivity contribution in [2.75, 3.05) is 0 Å². The van der Waals surface area contributed by atoms with Crippen LogP contribution >= 0.6 is 22.7 Å². The number of fused-ring (bicyclic) bond motifs is 13. The van der Waals surface area contributed by atoms with E-state index >= 15 is 0 Å². The van der Waals surface area contributed by atoms with Gasteiger partial charge in [-0.2, -0.15) is 0 Å². The van der Waals surface area contributed by atoms with Crippen molar-refractivity contribution >= 4 is 107 Å². The normalized spacial score (nSPS) is 12.1. The molecule has 4 aromatic heterocycles. The monoisotopic (exact) mass is 772 g/mol. The Hall–Kier alpha value is -6.98. The molecule has 4 heteroatoms. The Morgan fingerprint density at radius 3 is 1.71 bits per heavy atom. The zero-order chi connectivity index (χ0) is 37.9. The van der Waals surface area contributed by atoms with E-state index in [0.29, 0.717) is 0 Å². The zero-order valence-electron chi connectivity index (χ0n) is 31.2. The molecule has 0 radical (unpaired) electrons. The van der Waals surface area contributed by atoms with Crippen molar-refractivity contribution in [1.29, 1.82) is 0 Å². The third-order valence-corrected chi connectivity index (χ3v) is 14.5. The summed E-state index contributed by atoms with van der Waals surface area (Å²) in [6.07, 6.45) is 0. The number of aromatic nitrogens is 2. The van der Waals surface area contributed by atoms with Gasteiger partial charge in [-0.1, -0.05) is 133 Å². The average molecular weight is 773 g/mol. The molecule has 0 aliphatic rings. The minimum atomic E-state index is 1.15. The molecular weight excluding hydrogens is 741 g/mol. The van der Waals surface area contributed by atoms with Crippen LogP contribution in [0.2, 0.25) is 0 Å². The van der Waals surface area contributed by atoms with Crippen molar-refractivity contribution in [2.45, 2.75) is 0 Å². The van der Waals surface area contributed by atoms with Crippen LogP contribution in [-0.4, -0.2) is 9.13 Å². The SMILES string of the molecule is c1cc(-c2ccc3c(c2)sc2ccccc23)cc(-n2c3ccccc3c3c2ccc2c4ccccc4n(-c4cccc(-c5cccc6c5sc5ccccc56)c4)c23)c1. The fourth-order valence-electron chi connectivity index (χ4n) is 9.57. The third kappa shape index (κ3) is 4.58. The number of thiophene rings is 2. The van der Waals surface area contributed by atoms with Crippen LogP contribution in [0.15, 0.2) is 194 Å². The van der Waals surface area contributed by atoms with Crippen molar-refractivity contribution in [3.8, 4) is 33.6 Å².